The van der Waals surface area contributed by atoms with Crippen LogP contribution in [0.1, 0.15) is 20.3 Å². The fraction of sp³-hybridized carbons (Fsp3) is 0.750. The number of hydrogen-bond donors (Lipinski definition) is 0. The van der Waals surface area contributed by atoms with E-state index in [0.717, 1.165) is 6.42 Å². The monoisotopic (exact) mass is 209 g/mol. The predicted octanol–water partition coefficient (Wildman–Crippen LogP) is 1.65. The first-order valence-electron chi connectivity index (χ1n) is 5.71. The second-order valence-electron chi connectivity index (χ2n) is 4.50. The van der Waals surface area contributed by atoms with Crippen LogP contribution in [-0.2, 0) is 9.53 Å². The highest BCUT2D eigenvalue weighted by molar-refractivity contribution is 5.82. The van der Waals surface area contributed by atoms with Gasteiger partial charge in [0.05, 0.1) is 0 Å². The van der Waals surface area contributed by atoms with Gasteiger partial charge in [0.1, 0.15) is 6.23 Å². The first kappa shape index (κ1) is 10.7. The molecule has 0 N–H and O–H groups in total. The van der Waals surface area contributed by atoms with Gasteiger partial charge in [-0.2, -0.15) is 0 Å². The number of hydrogen-bond acceptors (Lipinski definition) is 2. The van der Waals surface area contributed by atoms with Crippen molar-refractivity contribution in [2.24, 2.45) is 17.8 Å². The molecule has 0 aromatic heterocycles. The van der Waals surface area contributed by atoms with Gasteiger partial charge in [0.25, 0.3) is 0 Å². The number of rotatable bonds is 2. The summed E-state index contributed by atoms with van der Waals surface area (Å²) in [6, 6.07) is 0. The third-order valence-electron chi connectivity index (χ3n) is 3.61. The minimum Gasteiger partial charge on any atom is -0.358 e. The molecule has 0 aromatic rings. The Bertz CT molecular complexity index is 287. The van der Waals surface area contributed by atoms with Crippen molar-refractivity contribution >= 4 is 5.91 Å². The molecule has 15 heavy (non-hydrogen) atoms. The minimum atomic E-state index is -0.0209. The molecule has 1 heterocycles. The summed E-state index contributed by atoms with van der Waals surface area (Å²) in [6.07, 6.45) is 5.19. The van der Waals surface area contributed by atoms with Crippen LogP contribution in [-0.4, -0.2) is 30.7 Å². The van der Waals surface area contributed by atoms with Crippen LogP contribution in [0.2, 0.25) is 0 Å². The molecule has 2 aliphatic rings. The van der Waals surface area contributed by atoms with E-state index in [9.17, 15) is 4.79 Å². The van der Waals surface area contributed by atoms with Crippen molar-refractivity contribution in [2.45, 2.75) is 26.5 Å². The molecule has 4 unspecified atom stereocenters. The molecule has 1 aliphatic heterocycles. The molecule has 0 radical (unpaired) electrons. The van der Waals surface area contributed by atoms with Gasteiger partial charge in [-0.25, -0.2) is 0 Å². The molecule has 4 atom stereocenters. The van der Waals surface area contributed by atoms with E-state index in [1.807, 2.05) is 14.0 Å². The zero-order chi connectivity index (χ0) is 11.0. The molecule has 3 heteroatoms. The van der Waals surface area contributed by atoms with Gasteiger partial charge in [-0.1, -0.05) is 19.1 Å². The van der Waals surface area contributed by atoms with E-state index in [1.165, 1.54) is 0 Å². The first-order chi connectivity index (χ1) is 7.16. The molecule has 0 aromatic carbocycles. The van der Waals surface area contributed by atoms with Gasteiger partial charge in [-0.3, -0.25) is 4.79 Å². The lowest BCUT2D eigenvalue weighted by Gasteiger charge is -2.30. The average Bonchev–Trinajstić information content (AvgIpc) is 2.46. The van der Waals surface area contributed by atoms with E-state index in [-0.39, 0.29) is 18.1 Å². The summed E-state index contributed by atoms with van der Waals surface area (Å²) >= 11 is 0. The molecular weight excluding hydrogens is 190 g/mol. The summed E-state index contributed by atoms with van der Waals surface area (Å²) in [7, 11) is 1.85. The fourth-order valence-electron chi connectivity index (χ4n) is 2.85. The highest BCUT2D eigenvalue weighted by Crippen LogP contribution is 2.41. The molecule has 1 fully saturated rings. The molecule has 84 valence electrons. The van der Waals surface area contributed by atoms with E-state index < -0.39 is 0 Å². The van der Waals surface area contributed by atoms with E-state index >= 15 is 0 Å². The van der Waals surface area contributed by atoms with Crippen molar-refractivity contribution in [3.05, 3.63) is 12.2 Å². The van der Waals surface area contributed by atoms with E-state index in [0.29, 0.717) is 18.4 Å². The van der Waals surface area contributed by atoms with Gasteiger partial charge in [0.2, 0.25) is 5.91 Å². The summed E-state index contributed by atoms with van der Waals surface area (Å²) in [6.45, 7) is 4.82. The van der Waals surface area contributed by atoms with Crippen LogP contribution in [0.3, 0.4) is 0 Å². The number of ether oxygens (including phenoxy) is 1. The fourth-order valence-corrected chi connectivity index (χ4v) is 2.85. The Morgan fingerprint density at radius 1 is 1.60 bits per heavy atom. The topological polar surface area (TPSA) is 29.5 Å². The van der Waals surface area contributed by atoms with Gasteiger partial charge in [-0.15, -0.1) is 0 Å². The van der Waals surface area contributed by atoms with Gasteiger partial charge < -0.3 is 9.64 Å². The molecule has 0 saturated carbocycles. The molecular formula is C12H19NO2. The lowest BCUT2D eigenvalue weighted by atomic mass is 9.78. The molecule has 2 rings (SSSR count). The van der Waals surface area contributed by atoms with Gasteiger partial charge in [-0.05, 0) is 19.3 Å². The Labute approximate surface area is 91.1 Å². The second kappa shape index (κ2) is 3.97. The van der Waals surface area contributed by atoms with Crippen LogP contribution >= 0.6 is 0 Å². The summed E-state index contributed by atoms with van der Waals surface area (Å²) < 4.78 is 5.70. The normalized spacial score (nSPS) is 39.7. The number of carbonyl (C=O) groups is 1. The summed E-state index contributed by atoms with van der Waals surface area (Å²) in [5.41, 5.74) is 0. The largest absolute Gasteiger partial charge is 0.358 e. The standard InChI is InChI=1S/C12H19NO2/c1-4-15-12-10-8(2)6-5-7-9(10)11(14)13(12)3/h5-6,8-10,12H,4,7H2,1-3H3. The summed E-state index contributed by atoms with van der Waals surface area (Å²) in [5, 5.41) is 0. The smallest absolute Gasteiger partial charge is 0.228 e. The van der Waals surface area contributed by atoms with Crippen LogP contribution < -0.4 is 0 Å². The lowest BCUT2D eigenvalue weighted by Crippen LogP contribution is -2.36. The minimum absolute atomic E-state index is 0.0209. The Morgan fingerprint density at radius 2 is 2.33 bits per heavy atom. The van der Waals surface area contributed by atoms with Gasteiger partial charge >= 0.3 is 0 Å². The van der Waals surface area contributed by atoms with Crippen LogP contribution in [0.25, 0.3) is 0 Å². The first-order valence-corrected chi connectivity index (χ1v) is 5.71. The third-order valence-corrected chi connectivity index (χ3v) is 3.61. The Morgan fingerprint density at radius 3 is 3.00 bits per heavy atom. The lowest BCUT2D eigenvalue weighted by molar-refractivity contribution is -0.136. The molecule has 0 bridgehead atoms. The number of carbonyl (C=O) groups excluding carboxylic acids is 1. The quantitative estimate of drug-likeness (QED) is 0.647. The SMILES string of the molecule is CCOC1C2C(C)C=CCC2C(=O)N1C. The van der Waals surface area contributed by atoms with Crippen LogP contribution in [0.4, 0.5) is 0 Å². The van der Waals surface area contributed by atoms with Crippen molar-refractivity contribution in [1.82, 2.24) is 4.90 Å². The number of amides is 1. The van der Waals surface area contributed by atoms with E-state index in [4.69, 9.17) is 4.74 Å². The van der Waals surface area contributed by atoms with Crippen LogP contribution in [0.5, 0.6) is 0 Å². The Balaban J connectivity index is 2.24. The Kier molecular flexibility index (Phi) is 2.83. The van der Waals surface area contributed by atoms with Gasteiger partial charge in [0.15, 0.2) is 0 Å². The maximum atomic E-state index is 12.0. The highest BCUT2D eigenvalue weighted by Gasteiger charge is 2.49. The molecule has 0 spiro atoms. The highest BCUT2D eigenvalue weighted by atomic mass is 16.5. The van der Waals surface area contributed by atoms with Crippen molar-refractivity contribution in [3.8, 4) is 0 Å². The van der Waals surface area contributed by atoms with Gasteiger partial charge in [0, 0.05) is 25.5 Å². The van der Waals surface area contributed by atoms with E-state index in [2.05, 4.69) is 19.1 Å². The second-order valence-corrected chi connectivity index (χ2v) is 4.50. The van der Waals surface area contributed by atoms with E-state index in [1.54, 1.807) is 4.90 Å². The van der Waals surface area contributed by atoms with Crippen molar-refractivity contribution in [3.63, 3.8) is 0 Å². The zero-order valence-electron chi connectivity index (χ0n) is 9.64. The predicted molar refractivity (Wildman–Crippen MR) is 58.1 cm³/mol. The number of likely N-dealkylation sites (tertiary alicyclic amines) is 1. The summed E-state index contributed by atoms with van der Waals surface area (Å²) in [5.74, 6) is 1.17. The maximum absolute atomic E-state index is 12.0. The molecule has 3 nitrogen and oxygen atoms in total. The van der Waals surface area contributed by atoms with Crippen molar-refractivity contribution < 1.29 is 9.53 Å². The zero-order valence-corrected chi connectivity index (χ0v) is 9.64. The number of fused-ring (bicyclic) bond motifs is 1. The number of allylic oxidation sites excluding steroid dienone is 2. The number of nitrogens with zero attached hydrogens (tertiary/aromatic N) is 1. The summed E-state index contributed by atoms with van der Waals surface area (Å²) in [4.78, 5) is 13.8. The average molecular weight is 209 g/mol. The Hall–Kier alpha value is -0.830. The van der Waals surface area contributed by atoms with Crippen molar-refractivity contribution in [2.75, 3.05) is 13.7 Å². The van der Waals surface area contributed by atoms with Crippen LogP contribution in [0.15, 0.2) is 12.2 Å². The van der Waals surface area contributed by atoms with Crippen LogP contribution in [0, 0.1) is 17.8 Å². The molecule has 1 amide bonds. The van der Waals surface area contributed by atoms with Crippen molar-refractivity contribution in [1.29, 1.82) is 0 Å². The molecule has 1 aliphatic carbocycles. The molecule has 1 saturated heterocycles. The maximum Gasteiger partial charge on any atom is 0.228 e. The third kappa shape index (κ3) is 1.59.